The topological polar surface area (TPSA) is 96.7 Å². The van der Waals surface area contributed by atoms with Crippen molar-refractivity contribution >= 4 is 13.6 Å². The number of benzene rings is 1. The zero-order valence-electron chi connectivity index (χ0n) is 11.0. The maximum Gasteiger partial charge on any atom is 0.380 e. The zero-order valence-corrected chi connectivity index (χ0v) is 11.9. The Kier molecular flexibility index (Phi) is 4.73. The van der Waals surface area contributed by atoms with E-state index in [2.05, 4.69) is 4.98 Å². The van der Waals surface area contributed by atoms with Crippen molar-refractivity contribution in [2.75, 3.05) is 0 Å². The van der Waals surface area contributed by atoms with Crippen LogP contribution in [0, 0.1) is 0 Å². The standard InChI is InChI=1S/C14H14NO5P/c16-14(17)9-12-3-1-2-4-13(12)20-21(18,19)10-11-5-7-15-8-6-11/h1-8H,9-10H2,(H,16,17)(H,18,19). The van der Waals surface area contributed by atoms with Gasteiger partial charge in [0, 0.05) is 18.0 Å². The average Bonchev–Trinajstić information content (AvgIpc) is 2.41. The smallest absolute Gasteiger partial charge is 0.380 e. The van der Waals surface area contributed by atoms with E-state index in [1.165, 1.54) is 18.5 Å². The summed E-state index contributed by atoms with van der Waals surface area (Å²) in [5.74, 6) is -0.923. The van der Waals surface area contributed by atoms with Gasteiger partial charge in [0.2, 0.25) is 0 Å². The van der Waals surface area contributed by atoms with Crippen LogP contribution in [0.2, 0.25) is 0 Å². The lowest BCUT2D eigenvalue weighted by Gasteiger charge is -2.15. The van der Waals surface area contributed by atoms with E-state index in [1.54, 1.807) is 30.3 Å². The Morgan fingerprint density at radius 2 is 1.86 bits per heavy atom. The van der Waals surface area contributed by atoms with Crippen molar-refractivity contribution in [2.24, 2.45) is 0 Å². The summed E-state index contributed by atoms with van der Waals surface area (Å²) >= 11 is 0. The molecule has 1 aromatic heterocycles. The molecule has 0 spiro atoms. The number of aliphatic carboxylic acids is 1. The summed E-state index contributed by atoms with van der Waals surface area (Å²) in [6.45, 7) is 0. The summed E-state index contributed by atoms with van der Waals surface area (Å²) in [5.41, 5.74) is 0.973. The molecule has 0 aliphatic heterocycles. The summed E-state index contributed by atoms with van der Waals surface area (Å²) in [7, 11) is -3.93. The maximum absolute atomic E-state index is 12.2. The SMILES string of the molecule is O=C(O)Cc1ccccc1OP(=O)(O)Cc1ccncc1. The lowest BCUT2D eigenvalue weighted by Crippen LogP contribution is -2.04. The number of para-hydroxylation sites is 1. The van der Waals surface area contributed by atoms with Crippen molar-refractivity contribution in [1.82, 2.24) is 4.98 Å². The minimum atomic E-state index is -3.93. The predicted molar refractivity (Wildman–Crippen MR) is 76.2 cm³/mol. The molecule has 1 unspecified atom stereocenters. The van der Waals surface area contributed by atoms with E-state index in [4.69, 9.17) is 9.63 Å². The van der Waals surface area contributed by atoms with Crippen molar-refractivity contribution < 1.29 is 23.9 Å². The van der Waals surface area contributed by atoms with Gasteiger partial charge < -0.3 is 14.5 Å². The Bertz CT molecular complexity index is 674. The lowest BCUT2D eigenvalue weighted by atomic mass is 10.1. The first-order chi connectivity index (χ1) is 9.96. The molecule has 21 heavy (non-hydrogen) atoms. The van der Waals surface area contributed by atoms with Gasteiger partial charge in [-0.05, 0) is 23.8 Å². The molecule has 0 amide bonds. The minimum Gasteiger partial charge on any atom is -0.481 e. The number of carboxylic acid groups (broad SMARTS) is 1. The molecule has 0 radical (unpaired) electrons. The van der Waals surface area contributed by atoms with E-state index in [9.17, 15) is 14.3 Å². The molecule has 6 nitrogen and oxygen atoms in total. The van der Waals surface area contributed by atoms with Gasteiger partial charge in [-0.25, -0.2) is 4.57 Å². The molecule has 0 aliphatic rings. The molecule has 1 heterocycles. The van der Waals surface area contributed by atoms with Crippen LogP contribution >= 0.6 is 7.60 Å². The summed E-state index contributed by atoms with van der Waals surface area (Å²) in [6.07, 6.45) is 2.60. The maximum atomic E-state index is 12.2. The van der Waals surface area contributed by atoms with Crippen LogP contribution in [0.4, 0.5) is 0 Å². The van der Waals surface area contributed by atoms with Crippen molar-refractivity contribution in [1.29, 1.82) is 0 Å². The number of aromatic nitrogens is 1. The Hall–Kier alpha value is -2.17. The number of hydrogen-bond acceptors (Lipinski definition) is 4. The van der Waals surface area contributed by atoms with Crippen LogP contribution in [0.25, 0.3) is 0 Å². The first-order valence-electron chi connectivity index (χ1n) is 6.16. The molecule has 0 fully saturated rings. The first-order valence-corrected chi connectivity index (χ1v) is 7.92. The average molecular weight is 307 g/mol. The molecular formula is C14H14NO5P. The van der Waals surface area contributed by atoms with Crippen LogP contribution < -0.4 is 4.52 Å². The summed E-state index contributed by atoms with van der Waals surface area (Å²) in [6, 6.07) is 9.54. The van der Waals surface area contributed by atoms with Crippen molar-refractivity contribution in [3.8, 4) is 5.75 Å². The second-order valence-electron chi connectivity index (χ2n) is 4.42. The Labute approximate surface area is 121 Å². The molecule has 0 bridgehead atoms. The molecule has 110 valence electrons. The number of hydrogen-bond donors (Lipinski definition) is 2. The molecule has 0 saturated carbocycles. The number of nitrogens with zero attached hydrogens (tertiary/aromatic N) is 1. The van der Waals surface area contributed by atoms with E-state index in [1.807, 2.05) is 0 Å². The Balaban J connectivity index is 2.17. The minimum absolute atomic E-state index is 0.111. The van der Waals surface area contributed by atoms with Crippen LogP contribution in [-0.2, 0) is 21.9 Å². The predicted octanol–water partition coefficient (Wildman–Crippen LogP) is 2.47. The van der Waals surface area contributed by atoms with Gasteiger partial charge in [0.1, 0.15) is 5.75 Å². The summed E-state index contributed by atoms with van der Waals surface area (Å²) in [4.78, 5) is 24.6. The van der Waals surface area contributed by atoms with Gasteiger partial charge in [-0.2, -0.15) is 0 Å². The highest BCUT2D eigenvalue weighted by molar-refractivity contribution is 7.52. The van der Waals surface area contributed by atoms with E-state index in [0.29, 0.717) is 11.1 Å². The fourth-order valence-electron chi connectivity index (χ4n) is 1.81. The number of rotatable bonds is 6. The van der Waals surface area contributed by atoms with Crippen LogP contribution in [0.3, 0.4) is 0 Å². The van der Waals surface area contributed by atoms with Crippen molar-refractivity contribution in [2.45, 2.75) is 12.6 Å². The Morgan fingerprint density at radius 1 is 1.19 bits per heavy atom. The molecule has 2 aromatic rings. The van der Waals surface area contributed by atoms with E-state index in [-0.39, 0.29) is 18.3 Å². The normalized spacial score (nSPS) is 13.4. The van der Waals surface area contributed by atoms with Gasteiger partial charge >= 0.3 is 13.6 Å². The molecule has 2 rings (SSSR count). The van der Waals surface area contributed by atoms with Gasteiger partial charge in [-0.1, -0.05) is 18.2 Å². The third-order valence-corrected chi connectivity index (χ3v) is 3.93. The van der Waals surface area contributed by atoms with Gasteiger partial charge in [0.25, 0.3) is 0 Å². The van der Waals surface area contributed by atoms with Crippen LogP contribution in [0.5, 0.6) is 5.75 Å². The molecule has 7 heteroatoms. The third kappa shape index (κ3) is 4.70. The van der Waals surface area contributed by atoms with Gasteiger partial charge in [-0.3, -0.25) is 9.78 Å². The van der Waals surface area contributed by atoms with Crippen molar-refractivity contribution in [3.63, 3.8) is 0 Å². The quantitative estimate of drug-likeness (QED) is 0.796. The van der Waals surface area contributed by atoms with Crippen LogP contribution in [0.1, 0.15) is 11.1 Å². The molecular weight excluding hydrogens is 293 g/mol. The molecule has 1 aromatic carbocycles. The van der Waals surface area contributed by atoms with Crippen LogP contribution in [-0.4, -0.2) is 21.0 Å². The second-order valence-corrected chi connectivity index (χ2v) is 6.19. The summed E-state index contributed by atoms with van der Waals surface area (Å²) in [5, 5.41) is 8.83. The molecule has 1 atom stereocenters. The van der Waals surface area contributed by atoms with Gasteiger partial charge in [-0.15, -0.1) is 0 Å². The van der Waals surface area contributed by atoms with E-state index < -0.39 is 13.6 Å². The van der Waals surface area contributed by atoms with E-state index in [0.717, 1.165) is 0 Å². The second kappa shape index (κ2) is 6.52. The third-order valence-electron chi connectivity index (χ3n) is 2.69. The molecule has 0 aliphatic carbocycles. The number of carbonyl (C=O) groups is 1. The van der Waals surface area contributed by atoms with E-state index >= 15 is 0 Å². The number of pyridine rings is 1. The fraction of sp³-hybridized carbons (Fsp3) is 0.143. The lowest BCUT2D eigenvalue weighted by molar-refractivity contribution is -0.136. The largest absolute Gasteiger partial charge is 0.481 e. The van der Waals surface area contributed by atoms with Gasteiger partial charge in [0.15, 0.2) is 0 Å². The first kappa shape index (κ1) is 15.2. The highest BCUT2D eigenvalue weighted by atomic mass is 31.2. The fourth-order valence-corrected chi connectivity index (χ4v) is 3.03. The monoisotopic (exact) mass is 307 g/mol. The van der Waals surface area contributed by atoms with Crippen LogP contribution in [0.15, 0.2) is 48.8 Å². The van der Waals surface area contributed by atoms with Crippen molar-refractivity contribution in [3.05, 3.63) is 59.9 Å². The highest BCUT2D eigenvalue weighted by Crippen LogP contribution is 2.46. The zero-order chi connectivity index (χ0) is 15.3. The molecule has 0 saturated heterocycles. The molecule has 2 N–H and O–H groups in total. The van der Waals surface area contributed by atoms with Gasteiger partial charge in [0.05, 0.1) is 12.6 Å². The number of carboxylic acids is 1. The Morgan fingerprint density at radius 3 is 2.52 bits per heavy atom. The summed E-state index contributed by atoms with van der Waals surface area (Å²) < 4.78 is 17.3. The highest BCUT2D eigenvalue weighted by Gasteiger charge is 2.23.